The predicted molar refractivity (Wildman–Crippen MR) is 80.3 cm³/mol. The summed E-state index contributed by atoms with van der Waals surface area (Å²) in [7, 11) is 0. The molecule has 0 fully saturated rings. The molecule has 0 spiro atoms. The Morgan fingerprint density at radius 2 is 2.20 bits per heavy atom. The van der Waals surface area contributed by atoms with E-state index in [-0.39, 0.29) is 17.5 Å². The standard InChI is InChI=1S/C14H21ClFN3O/c1-9(2)5-6-18-14(17)19-8-13(20)10-3-4-11(15)12(16)7-10/h3-4,7,9,13,20H,5-6,8H2,1-2H3,(H3,17,18,19). The summed E-state index contributed by atoms with van der Waals surface area (Å²) >= 11 is 5.58. The lowest BCUT2D eigenvalue weighted by molar-refractivity contribution is 0.186. The Bertz CT molecular complexity index is 466. The molecule has 0 amide bonds. The molecule has 4 nitrogen and oxygen atoms in total. The highest BCUT2D eigenvalue weighted by atomic mass is 35.5. The third-order valence-corrected chi connectivity index (χ3v) is 3.10. The molecule has 0 aliphatic rings. The number of hydrogen-bond donors (Lipinski definition) is 3. The van der Waals surface area contributed by atoms with Gasteiger partial charge in [0.25, 0.3) is 0 Å². The average molecular weight is 302 g/mol. The predicted octanol–water partition coefficient (Wildman–Crippen LogP) is 2.46. The Labute approximate surface area is 123 Å². The molecule has 1 atom stereocenters. The van der Waals surface area contributed by atoms with Gasteiger partial charge in [-0.1, -0.05) is 31.5 Å². The number of aliphatic hydroxyl groups is 1. The Morgan fingerprint density at radius 1 is 1.50 bits per heavy atom. The number of halogens is 2. The van der Waals surface area contributed by atoms with Gasteiger partial charge in [0, 0.05) is 6.54 Å². The van der Waals surface area contributed by atoms with Crippen molar-refractivity contribution in [2.24, 2.45) is 16.6 Å². The molecule has 4 N–H and O–H groups in total. The second-order valence-electron chi connectivity index (χ2n) is 5.02. The maximum absolute atomic E-state index is 13.3. The molecule has 0 heterocycles. The lowest BCUT2D eigenvalue weighted by Gasteiger charge is -2.11. The molecule has 1 rings (SSSR count). The van der Waals surface area contributed by atoms with Crippen molar-refractivity contribution in [1.82, 2.24) is 5.32 Å². The van der Waals surface area contributed by atoms with Gasteiger partial charge in [0.05, 0.1) is 17.7 Å². The zero-order valence-corrected chi connectivity index (χ0v) is 12.5. The van der Waals surface area contributed by atoms with Crippen LogP contribution in [-0.4, -0.2) is 24.2 Å². The van der Waals surface area contributed by atoms with Gasteiger partial charge >= 0.3 is 0 Å². The molecule has 1 unspecified atom stereocenters. The molecule has 0 radical (unpaired) electrons. The average Bonchev–Trinajstić information content (AvgIpc) is 2.38. The van der Waals surface area contributed by atoms with Gasteiger partial charge < -0.3 is 16.2 Å². The summed E-state index contributed by atoms with van der Waals surface area (Å²) in [5.74, 6) is 0.298. The van der Waals surface area contributed by atoms with Crippen LogP contribution in [0.1, 0.15) is 31.9 Å². The zero-order chi connectivity index (χ0) is 15.1. The molecular formula is C14H21ClFN3O. The van der Waals surface area contributed by atoms with Crippen LogP contribution >= 0.6 is 11.6 Å². The van der Waals surface area contributed by atoms with Crippen molar-refractivity contribution in [3.05, 3.63) is 34.6 Å². The molecule has 0 aliphatic heterocycles. The number of nitrogens with one attached hydrogen (secondary N) is 1. The lowest BCUT2D eigenvalue weighted by atomic mass is 10.1. The molecule has 1 aromatic rings. The minimum absolute atomic E-state index is 0.0271. The van der Waals surface area contributed by atoms with Gasteiger partial charge in [-0.15, -0.1) is 0 Å². The lowest BCUT2D eigenvalue weighted by Crippen LogP contribution is -2.33. The van der Waals surface area contributed by atoms with Gasteiger partial charge in [-0.3, -0.25) is 4.99 Å². The second kappa shape index (κ2) is 8.07. The maximum atomic E-state index is 13.3. The number of aliphatic hydroxyl groups excluding tert-OH is 1. The first-order chi connectivity index (χ1) is 9.40. The summed E-state index contributed by atoms with van der Waals surface area (Å²) in [4.78, 5) is 4.03. The molecular weight excluding hydrogens is 281 g/mol. The molecule has 0 bridgehead atoms. The van der Waals surface area contributed by atoms with Gasteiger partial charge in [0.2, 0.25) is 0 Å². The Hall–Kier alpha value is -1.33. The van der Waals surface area contributed by atoms with Crippen molar-refractivity contribution in [2.75, 3.05) is 13.1 Å². The number of rotatable bonds is 6. The number of hydrogen-bond acceptors (Lipinski definition) is 2. The molecule has 0 saturated carbocycles. The van der Waals surface area contributed by atoms with Crippen LogP contribution in [0, 0.1) is 11.7 Å². The van der Waals surface area contributed by atoms with E-state index in [1.165, 1.54) is 12.1 Å². The number of benzene rings is 1. The van der Waals surface area contributed by atoms with Gasteiger partial charge in [-0.05, 0) is 30.0 Å². The SMILES string of the molecule is CC(C)CCNC(N)=NCC(O)c1ccc(Cl)c(F)c1. The fraction of sp³-hybridized carbons (Fsp3) is 0.500. The number of nitrogens with zero attached hydrogens (tertiary/aromatic N) is 1. The van der Waals surface area contributed by atoms with Crippen LogP contribution in [-0.2, 0) is 0 Å². The first-order valence-corrected chi connectivity index (χ1v) is 6.94. The molecule has 0 aliphatic carbocycles. The molecule has 20 heavy (non-hydrogen) atoms. The summed E-state index contributed by atoms with van der Waals surface area (Å²) in [5.41, 5.74) is 6.09. The van der Waals surface area contributed by atoms with E-state index in [4.69, 9.17) is 17.3 Å². The van der Waals surface area contributed by atoms with E-state index in [0.717, 1.165) is 13.0 Å². The fourth-order valence-electron chi connectivity index (χ4n) is 1.55. The Kier molecular flexibility index (Phi) is 6.75. The fourth-order valence-corrected chi connectivity index (χ4v) is 1.67. The van der Waals surface area contributed by atoms with E-state index in [9.17, 15) is 9.50 Å². The topological polar surface area (TPSA) is 70.6 Å². The van der Waals surface area contributed by atoms with Crippen molar-refractivity contribution < 1.29 is 9.50 Å². The Balaban J connectivity index is 2.48. The van der Waals surface area contributed by atoms with Crippen LogP contribution < -0.4 is 11.1 Å². The second-order valence-corrected chi connectivity index (χ2v) is 5.43. The van der Waals surface area contributed by atoms with E-state index >= 15 is 0 Å². The van der Waals surface area contributed by atoms with E-state index in [2.05, 4.69) is 24.2 Å². The normalized spacial score (nSPS) is 13.6. The van der Waals surface area contributed by atoms with E-state index in [0.29, 0.717) is 11.5 Å². The summed E-state index contributed by atoms with van der Waals surface area (Å²) < 4.78 is 13.3. The third kappa shape index (κ3) is 5.75. The van der Waals surface area contributed by atoms with Crippen LogP contribution in [0.4, 0.5) is 4.39 Å². The van der Waals surface area contributed by atoms with Crippen LogP contribution in [0.5, 0.6) is 0 Å². The summed E-state index contributed by atoms with van der Waals surface area (Å²) in [6.45, 7) is 5.04. The smallest absolute Gasteiger partial charge is 0.188 e. The number of nitrogens with two attached hydrogens (primary N) is 1. The van der Waals surface area contributed by atoms with Gasteiger partial charge in [0.15, 0.2) is 5.96 Å². The first kappa shape index (κ1) is 16.7. The summed E-state index contributed by atoms with van der Waals surface area (Å²) in [5, 5.41) is 12.9. The summed E-state index contributed by atoms with van der Waals surface area (Å²) in [6.07, 6.45) is 0.0773. The maximum Gasteiger partial charge on any atom is 0.188 e. The van der Waals surface area contributed by atoms with Crippen molar-refractivity contribution >= 4 is 17.6 Å². The van der Waals surface area contributed by atoms with Crippen LogP contribution in [0.15, 0.2) is 23.2 Å². The van der Waals surface area contributed by atoms with Crippen molar-refractivity contribution in [3.8, 4) is 0 Å². The quantitative estimate of drug-likeness (QED) is 0.558. The number of aliphatic imine (C=N–C) groups is 1. The number of guanidine groups is 1. The molecule has 6 heteroatoms. The van der Waals surface area contributed by atoms with E-state index < -0.39 is 11.9 Å². The van der Waals surface area contributed by atoms with Crippen LogP contribution in [0.25, 0.3) is 0 Å². The highest BCUT2D eigenvalue weighted by Crippen LogP contribution is 2.20. The molecule has 112 valence electrons. The molecule has 0 saturated heterocycles. The summed E-state index contributed by atoms with van der Waals surface area (Å²) in [6, 6.07) is 4.17. The van der Waals surface area contributed by atoms with Crippen molar-refractivity contribution in [2.45, 2.75) is 26.4 Å². The van der Waals surface area contributed by atoms with E-state index in [1.54, 1.807) is 6.07 Å². The minimum atomic E-state index is -0.910. The molecule has 1 aromatic carbocycles. The largest absolute Gasteiger partial charge is 0.386 e. The van der Waals surface area contributed by atoms with Gasteiger partial charge in [-0.25, -0.2) is 4.39 Å². The minimum Gasteiger partial charge on any atom is -0.386 e. The highest BCUT2D eigenvalue weighted by molar-refractivity contribution is 6.30. The first-order valence-electron chi connectivity index (χ1n) is 6.57. The van der Waals surface area contributed by atoms with Gasteiger partial charge in [0.1, 0.15) is 5.82 Å². The van der Waals surface area contributed by atoms with Crippen LogP contribution in [0.3, 0.4) is 0 Å². The molecule has 0 aromatic heterocycles. The van der Waals surface area contributed by atoms with Crippen molar-refractivity contribution in [3.63, 3.8) is 0 Å². The third-order valence-electron chi connectivity index (χ3n) is 2.79. The zero-order valence-electron chi connectivity index (χ0n) is 11.7. The Morgan fingerprint density at radius 3 is 2.80 bits per heavy atom. The monoisotopic (exact) mass is 301 g/mol. The van der Waals surface area contributed by atoms with Crippen molar-refractivity contribution in [1.29, 1.82) is 0 Å². The van der Waals surface area contributed by atoms with Gasteiger partial charge in [-0.2, -0.15) is 0 Å². The van der Waals surface area contributed by atoms with E-state index in [1.807, 2.05) is 0 Å². The van der Waals surface area contributed by atoms with Crippen LogP contribution in [0.2, 0.25) is 5.02 Å². The highest BCUT2D eigenvalue weighted by Gasteiger charge is 2.09.